The predicted molar refractivity (Wildman–Crippen MR) is 184 cm³/mol. The summed E-state index contributed by atoms with van der Waals surface area (Å²) in [5, 5.41) is 11.7. The highest BCUT2D eigenvalue weighted by molar-refractivity contribution is 7.80. The Kier molecular flexibility index (Phi) is 7.72. The average molecular weight is 620 g/mol. The number of hydrogen-bond acceptors (Lipinski definition) is 2. The fourth-order valence-electron chi connectivity index (χ4n) is 5.28. The predicted octanol–water partition coefficient (Wildman–Crippen LogP) is 8.36. The molecule has 0 aromatic heterocycles. The van der Waals surface area contributed by atoms with Gasteiger partial charge in [0, 0.05) is 10.6 Å². The second-order valence-electron chi connectivity index (χ2n) is 9.79. The number of ether oxygens (including phenoxy) is 1. The molecular formula is C36H25Cl2NOP2. The highest BCUT2D eigenvalue weighted by Crippen LogP contribution is 2.52. The maximum Gasteiger partial charge on any atom is 0.160 e. The molecule has 0 atom stereocenters. The van der Waals surface area contributed by atoms with Crippen LogP contribution in [-0.4, -0.2) is 0 Å². The summed E-state index contributed by atoms with van der Waals surface area (Å²) in [4.78, 5) is 0. The Bertz CT molecular complexity index is 1770. The average Bonchev–Trinajstić information content (AvgIpc) is 3.05. The first kappa shape index (κ1) is 27.2. The van der Waals surface area contributed by atoms with Gasteiger partial charge in [-0.05, 0) is 55.3 Å². The number of benzene rings is 6. The minimum atomic E-state index is -0.994. The molecule has 42 heavy (non-hydrogen) atoms. The molecule has 7 rings (SSSR count). The van der Waals surface area contributed by atoms with Crippen LogP contribution in [0.15, 0.2) is 146 Å². The Labute approximate surface area is 258 Å². The van der Waals surface area contributed by atoms with E-state index >= 15 is 0 Å². The highest BCUT2D eigenvalue weighted by atomic mass is 35.5. The van der Waals surface area contributed by atoms with E-state index in [9.17, 15) is 0 Å². The first-order chi connectivity index (χ1) is 20.7. The van der Waals surface area contributed by atoms with Crippen molar-refractivity contribution in [2.24, 2.45) is 0 Å². The Morgan fingerprint density at radius 1 is 0.476 bits per heavy atom. The van der Waals surface area contributed by atoms with Gasteiger partial charge in [-0.3, -0.25) is 0 Å². The maximum atomic E-state index is 7.05. The third-order valence-corrected chi connectivity index (χ3v) is 12.8. The van der Waals surface area contributed by atoms with Gasteiger partial charge >= 0.3 is 0 Å². The molecule has 0 spiro atoms. The molecule has 1 heterocycles. The van der Waals surface area contributed by atoms with E-state index in [0.29, 0.717) is 15.7 Å². The van der Waals surface area contributed by atoms with Gasteiger partial charge in [0.1, 0.15) is 5.69 Å². The molecule has 204 valence electrons. The van der Waals surface area contributed by atoms with Crippen molar-refractivity contribution in [3.05, 3.63) is 156 Å². The minimum Gasteiger partial charge on any atom is -0.452 e. The first-order valence-electron chi connectivity index (χ1n) is 13.6. The fourth-order valence-corrected chi connectivity index (χ4v) is 10.6. The molecule has 6 aromatic rings. The van der Waals surface area contributed by atoms with Gasteiger partial charge in [-0.25, -0.2) is 0 Å². The second-order valence-corrected chi connectivity index (χ2v) is 14.9. The molecule has 0 amide bonds. The third kappa shape index (κ3) is 5.11. The lowest BCUT2D eigenvalue weighted by molar-refractivity contribution is 0.489. The van der Waals surface area contributed by atoms with Gasteiger partial charge in [-0.1, -0.05) is 151 Å². The number of halogens is 2. The monoisotopic (exact) mass is 619 g/mol. The summed E-state index contributed by atoms with van der Waals surface area (Å²) < 4.78 is 7.05. The lowest BCUT2D eigenvalue weighted by atomic mass is 10.2. The van der Waals surface area contributed by atoms with E-state index in [4.69, 9.17) is 27.9 Å². The van der Waals surface area contributed by atoms with Crippen molar-refractivity contribution in [2.75, 3.05) is 5.32 Å². The quantitative estimate of drug-likeness (QED) is 0.189. The van der Waals surface area contributed by atoms with Gasteiger partial charge in [0.15, 0.2) is 11.5 Å². The summed E-state index contributed by atoms with van der Waals surface area (Å²) in [5.74, 6) is 1.54. The van der Waals surface area contributed by atoms with E-state index in [-0.39, 0.29) is 0 Å². The third-order valence-electron chi connectivity index (χ3n) is 7.15. The van der Waals surface area contributed by atoms with Crippen molar-refractivity contribution in [1.29, 1.82) is 0 Å². The van der Waals surface area contributed by atoms with E-state index in [1.54, 1.807) is 0 Å². The molecule has 1 N–H and O–H groups in total. The summed E-state index contributed by atoms with van der Waals surface area (Å²) in [7, 11) is -1.89. The van der Waals surface area contributed by atoms with E-state index in [2.05, 4.69) is 127 Å². The van der Waals surface area contributed by atoms with Crippen LogP contribution in [0, 0.1) is 0 Å². The molecule has 0 saturated heterocycles. The van der Waals surface area contributed by atoms with Crippen LogP contribution in [0.25, 0.3) is 0 Å². The van der Waals surface area contributed by atoms with Crippen molar-refractivity contribution in [1.82, 2.24) is 0 Å². The van der Waals surface area contributed by atoms with E-state index < -0.39 is 15.8 Å². The highest BCUT2D eigenvalue weighted by Gasteiger charge is 2.32. The molecule has 0 bridgehead atoms. The van der Waals surface area contributed by atoms with Gasteiger partial charge < -0.3 is 10.1 Å². The van der Waals surface area contributed by atoms with E-state index in [1.807, 2.05) is 24.3 Å². The fraction of sp³-hybridized carbons (Fsp3) is 0. The molecule has 1 aliphatic rings. The first-order valence-corrected chi connectivity index (χ1v) is 17.0. The number of fused-ring (bicyclic) bond motifs is 2. The van der Waals surface area contributed by atoms with Crippen LogP contribution in [0.3, 0.4) is 0 Å². The zero-order chi connectivity index (χ0) is 28.5. The van der Waals surface area contributed by atoms with Crippen LogP contribution in [0.1, 0.15) is 0 Å². The van der Waals surface area contributed by atoms with E-state index in [0.717, 1.165) is 27.8 Å². The van der Waals surface area contributed by atoms with Crippen molar-refractivity contribution < 1.29 is 4.74 Å². The summed E-state index contributed by atoms with van der Waals surface area (Å²) in [5.41, 5.74) is 1.57. The SMILES string of the molecule is Clc1cc(P(c2ccccc2)c2ccccc2)c2c(c1Cl)Nc1cccc(P(c3ccccc3)c3ccccc3)c1O2. The molecule has 2 nitrogen and oxygen atoms in total. The topological polar surface area (TPSA) is 21.3 Å². The molecule has 6 heteroatoms. The Hall–Kier alpha value is -3.64. The smallest absolute Gasteiger partial charge is 0.160 e. The second kappa shape index (κ2) is 11.9. The number of anilines is 2. The van der Waals surface area contributed by atoms with Crippen molar-refractivity contribution in [3.8, 4) is 11.5 Å². The van der Waals surface area contributed by atoms with Crippen LogP contribution in [0.4, 0.5) is 11.4 Å². The zero-order valence-electron chi connectivity index (χ0n) is 22.4. The van der Waals surface area contributed by atoms with Gasteiger partial charge in [-0.15, -0.1) is 0 Å². The maximum absolute atomic E-state index is 7.05. The lowest BCUT2D eigenvalue weighted by Crippen LogP contribution is -2.26. The number of rotatable bonds is 6. The van der Waals surface area contributed by atoms with Gasteiger partial charge in [0.05, 0.1) is 15.7 Å². The largest absolute Gasteiger partial charge is 0.452 e. The van der Waals surface area contributed by atoms with Crippen molar-refractivity contribution in [3.63, 3.8) is 0 Å². The Morgan fingerprint density at radius 3 is 1.40 bits per heavy atom. The Balaban J connectivity index is 1.43. The standard InChI is InChI=1S/C36H25Cl2NOP2/c37-29-24-32(42(27-18-9-3-10-19-27)28-20-11-4-12-21-28)36-34(33(29)38)39-30-22-13-23-31(35(30)40-36)41(25-14-5-1-6-15-25)26-16-7-2-8-17-26/h1-24,39H. The normalized spacial score (nSPS) is 11.9. The van der Waals surface area contributed by atoms with Crippen molar-refractivity contribution >= 4 is 82.2 Å². The lowest BCUT2D eigenvalue weighted by Gasteiger charge is -2.31. The zero-order valence-corrected chi connectivity index (χ0v) is 25.7. The molecule has 0 unspecified atom stereocenters. The van der Waals surface area contributed by atoms with Crippen LogP contribution < -0.4 is 41.9 Å². The van der Waals surface area contributed by atoms with Crippen LogP contribution in [-0.2, 0) is 0 Å². The number of nitrogens with one attached hydrogen (secondary N) is 1. The summed E-state index contributed by atoms with van der Waals surface area (Å²) >= 11 is 13.7. The molecule has 0 fully saturated rings. The summed E-state index contributed by atoms with van der Waals surface area (Å²) in [6.45, 7) is 0. The Morgan fingerprint density at radius 2 is 0.929 bits per heavy atom. The summed E-state index contributed by atoms with van der Waals surface area (Å²) in [6, 6.07) is 50.7. The van der Waals surface area contributed by atoms with Crippen LogP contribution in [0.2, 0.25) is 10.0 Å². The molecule has 6 aromatic carbocycles. The van der Waals surface area contributed by atoms with Crippen molar-refractivity contribution in [2.45, 2.75) is 0 Å². The molecule has 0 aliphatic carbocycles. The minimum absolute atomic E-state index is 0.455. The van der Waals surface area contributed by atoms with E-state index in [1.165, 1.54) is 21.2 Å². The van der Waals surface area contributed by atoms with Crippen LogP contribution >= 0.6 is 39.0 Å². The van der Waals surface area contributed by atoms with Gasteiger partial charge in [0.25, 0.3) is 0 Å². The molecular weight excluding hydrogens is 595 g/mol. The molecule has 0 radical (unpaired) electrons. The molecule has 0 saturated carbocycles. The number of para-hydroxylation sites is 1. The molecule has 1 aliphatic heterocycles. The van der Waals surface area contributed by atoms with Crippen LogP contribution in [0.5, 0.6) is 11.5 Å². The number of hydrogen-bond donors (Lipinski definition) is 1. The van der Waals surface area contributed by atoms with Gasteiger partial charge in [-0.2, -0.15) is 0 Å². The van der Waals surface area contributed by atoms with Gasteiger partial charge in [0.2, 0.25) is 0 Å². The summed E-state index contributed by atoms with van der Waals surface area (Å²) in [6.07, 6.45) is 0.